The number of halogens is 1. The molecule has 1 saturated carbocycles. The molecule has 0 unspecified atom stereocenters. The van der Waals surface area contributed by atoms with Crippen molar-refractivity contribution in [3.05, 3.63) is 88.9 Å². The van der Waals surface area contributed by atoms with Gasteiger partial charge in [0.25, 0.3) is 10.0 Å². The standard InChI is InChI=1S/C33H40ClN3O5S/c1-4-42-30-17-19-31(20-18-30)43(40,41)37(29-15-13-24(2)14-16-29)23-32(38)36(22-26-9-8-10-27(34)21-26)25(3)33(39)35-28-11-6-5-7-12-28/h8-10,13-21,25,28H,4-7,11-12,22-23H2,1-3H3,(H,35,39)/t25-/m1/s1. The van der Waals surface area contributed by atoms with Crippen molar-refractivity contribution in [3.8, 4) is 5.75 Å². The first-order valence-corrected chi connectivity index (χ1v) is 16.6. The Hall–Kier alpha value is -3.56. The van der Waals surface area contributed by atoms with Gasteiger partial charge in [-0.1, -0.05) is 60.7 Å². The second kappa shape index (κ2) is 14.8. The second-order valence-corrected chi connectivity index (χ2v) is 13.2. The fourth-order valence-electron chi connectivity index (χ4n) is 5.22. The van der Waals surface area contributed by atoms with E-state index in [1.807, 2.05) is 19.9 Å². The number of ether oxygens (including phenoxy) is 1. The highest BCUT2D eigenvalue weighted by atomic mass is 35.5. The molecule has 1 aliphatic rings. The number of hydrogen-bond donors (Lipinski definition) is 1. The number of nitrogens with zero attached hydrogens (tertiary/aromatic N) is 2. The maximum atomic E-state index is 14.1. The van der Waals surface area contributed by atoms with Crippen LogP contribution in [0.1, 0.15) is 57.1 Å². The maximum absolute atomic E-state index is 14.1. The van der Waals surface area contributed by atoms with Gasteiger partial charge in [0.15, 0.2) is 0 Å². The zero-order valence-electron chi connectivity index (χ0n) is 25.0. The quantitative estimate of drug-likeness (QED) is 0.262. The van der Waals surface area contributed by atoms with E-state index < -0.39 is 28.5 Å². The number of rotatable bonds is 12. The number of carbonyl (C=O) groups is 2. The van der Waals surface area contributed by atoms with Gasteiger partial charge < -0.3 is 15.0 Å². The van der Waals surface area contributed by atoms with Gasteiger partial charge in [0.2, 0.25) is 11.8 Å². The number of carbonyl (C=O) groups excluding carboxylic acids is 2. The maximum Gasteiger partial charge on any atom is 0.264 e. The molecule has 1 fully saturated rings. The molecule has 230 valence electrons. The third-order valence-electron chi connectivity index (χ3n) is 7.68. The lowest BCUT2D eigenvalue weighted by Gasteiger charge is -2.33. The van der Waals surface area contributed by atoms with Crippen LogP contribution in [0.5, 0.6) is 5.75 Å². The first kappa shape index (κ1) is 32.4. The van der Waals surface area contributed by atoms with Crippen LogP contribution >= 0.6 is 11.6 Å². The molecule has 0 aliphatic heterocycles. The number of anilines is 1. The van der Waals surface area contributed by atoms with Crippen molar-refractivity contribution in [1.29, 1.82) is 0 Å². The summed E-state index contributed by atoms with van der Waals surface area (Å²) in [5.41, 5.74) is 2.02. The van der Waals surface area contributed by atoms with E-state index in [1.165, 1.54) is 17.0 Å². The SMILES string of the molecule is CCOc1ccc(S(=O)(=O)N(CC(=O)N(Cc2cccc(Cl)c2)[C@H](C)C(=O)NC2CCCCC2)c2ccc(C)cc2)cc1. The molecule has 0 heterocycles. The van der Waals surface area contributed by atoms with Crippen LogP contribution in [0.3, 0.4) is 0 Å². The molecular weight excluding hydrogens is 586 g/mol. The highest BCUT2D eigenvalue weighted by molar-refractivity contribution is 7.92. The van der Waals surface area contributed by atoms with Crippen molar-refractivity contribution in [3.63, 3.8) is 0 Å². The summed E-state index contributed by atoms with van der Waals surface area (Å²) in [6.07, 6.45) is 5.07. The normalized spacial score (nSPS) is 14.5. The fraction of sp³-hybridized carbons (Fsp3) is 0.394. The van der Waals surface area contributed by atoms with E-state index in [0.29, 0.717) is 23.1 Å². The Labute approximate surface area is 260 Å². The molecule has 43 heavy (non-hydrogen) atoms. The highest BCUT2D eigenvalue weighted by Crippen LogP contribution is 2.27. The Bertz CT molecular complexity index is 1490. The van der Waals surface area contributed by atoms with Crippen LogP contribution < -0.4 is 14.4 Å². The molecule has 3 aromatic carbocycles. The van der Waals surface area contributed by atoms with Gasteiger partial charge in [-0.15, -0.1) is 0 Å². The van der Waals surface area contributed by atoms with E-state index in [9.17, 15) is 18.0 Å². The molecule has 1 aliphatic carbocycles. The van der Waals surface area contributed by atoms with Crippen LogP contribution in [-0.4, -0.2) is 50.4 Å². The van der Waals surface area contributed by atoms with Crippen LogP contribution in [0.4, 0.5) is 5.69 Å². The molecule has 0 radical (unpaired) electrons. The summed E-state index contributed by atoms with van der Waals surface area (Å²) in [5, 5.41) is 3.61. The summed E-state index contributed by atoms with van der Waals surface area (Å²) in [6, 6.07) is 19.4. The molecule has 8 nitrogen and oxygen atoms in total. The number of nitrogens with one attached hydrogen (secondary N) is 1. The van der Waals surface area contributed by atoms with Crippen LogP contribution in [0.25, 0.3) is 0 Å². The molecule has 1 atom stereocenters. The van der Waals surface area contributed by atoms with Crippen molar-refractivity contribution >= 4 is 39.1 Å². The van der Waals surface area contributed by atoms with Gasteiger partial charge in [0, 0.05) is 17.6 Å². The Morgan fingerprint density at radius 3 is 2.30 bits per heavy atom. The zero-order chi connectivity index (χ0) is 31.0. The van der Waals surface area contributed by atoms with Gasteiger partial charge in [0.05, 0.1) is 17.2 Å². The molecule has 1 N–H and O–H groups in total. The summed E-state index contributed by atoms with van der Waals surface area (Å²) in [6.45, 7) is 5.47. The van der Waals surface area contributed by atoms with Crippen LogP contribution in [0, 0.1) is 6.92 Å². The Kier molecular flexibility index (Phi) is 11.1. The monoisotopic (exact) mass is 625 g/mol. The molecule has 4 rings (SSSR count). The summed E-state index contributed by atoms with van der Waals surface area (Å²) in [4.78, 5) is 29.0. The lowest BCUT2D eigenvalue weighted by atomic mass is 9.95. The lowest BCUT2D eigenvalue weighted by molar-refractivity contribution is -0.139. The van der Waals surface area contributed by atoms with E-state index in [0.717, 1.165) is 47.5 Å². The summed E-state index contributed by atoms with van der Waals surface area (Å²) in [5.74, 6) is -0.232. The van der Waals surface area contributed by atoms with Crippen LogP contribution in [-0.2, 0) is 26.2 Å². The summed E-state index contributed by atoms with van der Waals surface area (Å²) < 4.78 is 34.6. The Morgan fingerprint density at radius 1 is 1.00 bits per heavy atom. The average molecular weight is 626 g/mol. The van der Waals surface area contributed by atoms with E-state index in [2.05, 4.69) is 5.32 Å². The van der Waals surface area contributed by atoms with Crippen molar-refractivity contribution in [2.45, 2.75) is 76.4 Å². The summed E-state index contributed by atoms with van der Waals surface area (Å²) in [7, 11) is -4.17. The number of hydrogen-bond acceptors (Lipinski definition) is 5. The molecule has 0 spiro atoms. The molecule has 10 heteroatoms. The zero-order valence-corrected chi connectivity index (χ0v) is 26.5. The topological polar surface area (TPSA) is 96.0 Å². The van der Waals surface area contributed by atoms with Crippen molar-refractivity contribution in [2.75, 3.05) is 17.5 Å². The Morgan fingerprint density at radius 2 is 1.67 bits per heavy atom. The third kappa shape index (κ3) is 8.51. The molecule has 0 aromatic heterocycles. The number of benzene rings is 3. The number of aryl methyl sites for hydroxylation is 1. The molecule has 3 aromatic rings. The van der Waals surface area contributed by atoms with Crippen molar-refractivity contribution < 1.29 is 22.7 Å². The molecule has 2 amide bonds. The van der Waals surface area contributed by atoms with Crippen molar-refractivity contribution in [1.82, 2.24) is 10.2 Å². The third-order valence-corrected chi connectivity index (χ3v) is 9.71. The van der Waals surface area contributed by atoms with E-state index in [4.69, 9.17) is 16.3 Å². The highest BCUT2D eigenvalue weighted by Gasteiger charge is 2.33. The predicted molar refractivity (Wildman–Crippen MR) is 170 cm³/mol. The Balaban J connectivity index is 1.67. The van der Waals surface area contributed by atoms with Gasteiger partial charge in [-0.2, -0.15) is 0 Å². The van der Waals surface area contributed by atoms with Crippen LogP contribution in [0.15, 0.2) is 77.7 Å². The van der Waals surface area contributed by atoms with Gasteiger partial charge in [-0.3, -0.25) is 13.9 Å². The van der Waals surface area contributed by atoms with Crippen molar-refractivity contribution in [2.24, 2.45) is 0 Å². The fourth-order valence-corrected chi connectivity index (χ4v) is 6.85. The molecular formula is C33H40ClN3O5S. The first-order valence-electron chi connectivity index (χ1n) is 14.7. The van der Waals surface area contributed by atoms with Crippen LogP contribution in [0.2, 0.25) is 5.02 Å². The first-order chi connectivity index (χ1) is 20.6. The molecule has 0 saturated heterocycles. The number of amides is 2. The number of sulfonamides is 1. The van der Waals surface area contributed by atoms with Gasteiger partial charge in [0.1, 0.15) is 18.3 Å². The largest absolute Gasteiger partial charge is 0.494 e. The lowest BCUT2D eigenvalue weighted by Crippen LogP contribution is -2.53. The molecule has 0 bridgehead atoms. The minimum atomic E-state index is -4.17. The second-order valence-electron chi connectivity index (χ2n) is 10.9. The van der Waals surface area contributed by atoms with E-state index in [1.54, 1.807) is 61.5 Å². The smallest absolute Gasteiger partial charge is 0.264 e. The van der Waals surface area contributed by atoms with Gasteiger partial charge in [-0.25, -0.2) is 8.42 Å². The van der Waals surface area contributed by atoms with Gasteiger partial charge >= 0.3 is 0 Å². The predicted octanol–water partition coefficient (Wildman–Crippen LogP) is 6.11. The van der Waals surface area contributed by atoms with Gasteiger partial charge in [-0.05, 0) is 87.7 Å². The van der Waals surface area contributed by atoms with E-state index in [-0.39, 0.29) is 23.4 Å². The average Bonchev–Trinajstić information content (AvgIpc) is 2.99. The van der Waals surface area contributed by atoms with E-state index >= 15 is 0 Å². The minimum Gasteiger partial charge on any atom is -0.494 e. The minimum absolute atomic E-state index is 0.0220. The summed E-state index contributed by atoms with van der Waals surface area (Å²) >= 11 is 6.24.